The molecule has 2 aromatic rings. The highest BCUT2D eigenvalue weighted by Gasteiger charge is 2.22. The summed E-state index contributed by atoms with van der Waals surface area (Å²) in [5.41, 5.74) is 1.12. The summed E-state index contributed by atoms with van der Waals surface area (Å²) in [6, 6.07) is 8.07. The Morgan fingerprint density at radius 1 is 1.24 bits per heavy atom. The van der Waals surface area contributed by atoms with Gasteiger partial charge < -0.3 is 9.84 Å². The third kappa shape index (κ3) is 4.29. The van der Waals surface area contributed by atoms with Gasteiger partial charge >= 0.3 is 0 Å². The molecule has 0 fully saturated rings. The lowest BCUT2D eigenvalue weighted by molar-refractivity contribution is 0.319. The van der Waals surface area contributed by atoms with Crippen molar-refractivity contribution in [3.63, 3.8) is 0 Å². The highest BCUT2D eigenvalue weighted by atomic mass is 35.5. The smallest absolute Gasteiger partial charge is 0.231 e. The lowest BCUT2D eigenvalue weighted by Gasteiger charge is -2.20. The lowest BCUT2D eigenvalue weighted by atomic mass is 9.99. The van der Waals surface area contributed by atoms with E-state index in [2.05, 4.69) is 36.2 Å². The van der Waals surface area contributed by atoms with Crippen molar-refractivity contribution in [1.29, 1.82) is 0 Å². The average Bonchev–Trinajstić information content (AvgIpc) is 2.95. The van der Waals surface area contributed by atoms with Gasteiger partial charge in [0, 0.05) is 17.5 Å². The third-order valence-corrected chi connectivity index (χ3v) is 3.91. The molecule has 2 rings (SSSR count). The highest BCUT2D eigenvalue weighted by Crippen LogP contribution is 2.20. The van der Waals surface area contributed by atoms with Crippen LogP contribution >= 0.6 is 11.6 Å². The van der Waals surface area contributed by atoms with Gasteiger partial charge in [-0.05, 0) is 30.7 Å². The fraction of sp³-hybridized carbons (Fsp3) is 0.500. The average molecular weight is 308 g/mol. The third-order valence-electron chi connectivity index (χ3n) is 3.66. The fourth-order valence-electron chi connectivity index (χ4n) is 2.42. The molecule has 0 radical (unpaired) electrons. The largest absolute Gasteiger partial charge is 0.339 e. The second kappa shape index (κ2) is 7.57. The molecule has 4 nitrogen and oxygen atoms in total. The van der Waals surface area contributed by atoms with Gasteiger partial charge in [0.25, 0.3) is 0 Å². The van der Waals surface area contributed by atoms with E-state index in [1.807, 2.05) is 24.3 Å². The van der Waals surface area contributed by atoms with Gasteiger partial charge in [-0.2, -0.15) is 4.98 Å². The molecule has 5 heteroatoms. The molecule has 0 aliphatic carbocycles. The van der Waals surface area contributed by atoms with Crippen molar-refractivity contribution in [2.24, 2.45) is 0 Å². The molecule has 0 amide bonds. The van der Waals surface area contributed by atoms with E-state index in [0.29, 0.717) is 24.2 Å². The minimum absolute atomic E-state index is 0.210. The molecule has 1 aromatic heterocycles. The Bertz CT molecular complexity index is 553. The van der Waals surface area contributed by atoms with Gasteiger partial charge in [-0.3, -0.25) is 0 Å². The van der Waals surface area contributed by atoms with Gasteiger partial charge in [-0.1, -0.05) is 49.7 Å². The number of nitrogens with one attached hydrogen (secondary N) is 1. The van der Waals surface area contributed by atoms with E-state index >= 15 is 0 Å². The summed E-state index contributed by atoms with van der Waals surface area (Å²) in [4.78, 5) is 4.53. The summed E-state index contributed by atoms with van der Waals surface area (Å²) in [5.74, 6) is 1.62. The Labute approximate surface area is 130 Å². The first-order valence-corrected chi connectivity index (χ1v) is 7.82. The predicted octanol–water partition coefficient (Wildman–Crippen LogP) is 3.81. The van der Waals surface area contributed by atoms with Crippen molar-refractivity contribution < 1.29 is 4.52 Å². The topological polar surface area (TPSA) is 51.0 Å². The van der Waals surface area contributed by atoms with Crippen LogP contribution in [0.25, 0.3) is 0 Å². The molecule has 2 atom stereocenters. The first-order chi connectivity index (χ1) is 10.1. The van der Waals surface area contributed by atoms with Crippen LogP contribution in [-0.4, -0.2) is 22.7 Å². The summed E-state index contributed by atoms with van der Waals surface area (Å²) in [6.45, 7) is 7.33. The van der Waals surface area contributed by atoms with E-state index in [9.17, 15) is 0 Å². The van der Waals surface area contributed by atoms with Gasteiger partial charge in [-0.15, -0.1) is 0 Å². The van der Waals surface area contributed by atoms with Crippen molar-refractivity contribution in [1.82, 2.24) is 15.5 Å². The molecule has 114 valence electrons. The van der Waals surface area contributed by atoms with Crippen molar-refractivity contribution in [2.45, 2.75) is 45.6 Å². The maximum atomic E-state index is 5.88. The van der Waals surface area contributed by atoms with E-state index in [1.165, 1.54) is 0 Å². The van der Waals surface area contributed by atoms with E-state index in [0.717, 1.165) is 23.6 Å². The molecular weight excluding hydrogens is 286 g/mol. The first-order valence-electron chi connectivity index (χ1n) is 7.44. The van der Waals surface area contributed by atoms with Gasteiger partial charge in [0.1, 0.15) is 0 Å². The normalized spacial score (nSPS) is 14.1. The maximum absolute atomic E-state index is 5.88. The standard InChI is InChI=1S/C16H22ClN3O/c1-4-14(18-5-2)11(3)16-19-15(20-21-16)10-12-6-8-13(17)9-7-12/h6-9,11,14,18H,4-5,10H2,1-3H3. The van der Waals surface area contributed by atoms with Crippen LogP contribution in [0.3, 0.4) is 0 Å². The van der Waals surface area contributed by atoms with Crippen molar-refractivity contribution >= 4 is 11.6 Å². The molecular formula is C16H22ClN3O. The molecule has 21 heavy (non-hydrogen) atoms. The SMILES string of the molecule is CCNC(CC)C(C)c1nc(Cc2ccc(Cl)cc2)no1. The van der Waals surface area contributed by atoms with Gasteiger partial charge in [0.15, 0.2) is 5.82 Å². The minimum Gasteiger partial charge on any atom is -0.339 e. The predicted molar refractivity (Wildman–Crippen MR) is 84.7 cm³/mol. The highest BCUT2D eigenvalue weighted by molar-refractivity contribution is 6.30. The van der Waals surface area contributed by atoms with Crippen LogP contribution in [0.1, 0.15) is 50.4 Å². The number of aromatic nitrogens is 2. The molecule has 1 heterocycles. The molecule has 0 aliphatic heterocycles. The molecule has 0 saturated carbocycles. The molecule has 2 unspecified atom stereocenters. The van der Waals surface area contributed by atoms with Crippen LogP contribution in [-0.2, 0) is 6.42 Å². The summed E-state index contributed by atoms with van der Waals surface area (Å²) < 4.78 is 5.42. The van der Waals surface area contributed by atoms with Gasteiger partial charge in [0.05, 0.1) is 5.92 Å². The van der Waals surface area contributed by atoms with Crippen molar-refractivity contribution in [3.05, 3.63) is 46.6 Å². The summed E-state index contributed by atoms with van der Waals surface area (Å²) in [5, 5.41) is 8.27. The van der Waals surface area contributed by atoms with Crippen molar-refractivity contribution in [3.8, 4) is 0 Å². The number of benzene rings is 1. The van der Waals surface area contributed by atoms with E-state index in [1.54, 1.807) is 0 Å². The van der Waals surface area contributed by atoms with Crippen LogP contribution in [0.5, 0.6) is 0 Å². The molecule has 0 aliphatic rings. The van der Waals surface area contributed by atoms with Crippen LogP contribution in [0.4, 0.5) is 0 Å². The number of halogens is 1. The summed E-state index contributed by atoms with van der Waals surface area (Å²) >= 11 is 5.88. The Kier molecular flexibility index (Phi) is 5.76. The number of nitrogens with zero attached hydrogens (tertiary/aromatic N) is 2. The van der Waals surface area contributed by atoms with Crippen LogP contribution < -0.4 is 5.32 Å². The van der Waals surface area contributed by atoms with Gasteiger partial charge in [-0.25, -0.2) is 0 Å². The zero-order chi connectivity index (χ0) is 15.2. The number of rotatable bonds is 7. The fourth-order valence-corrected chi connectivity index (χ4v) is 2.54. The second-order valence-electron chi connectivity index (χ2n) is 5.21. The van der Waals surface area contributed by atoms with E-state index in [4.69, 9.17) is 16.1 Å². The monoisotopic (exact) mass is 307 g/mol. The molecule has 1 N–H and O–H groups in total. The quantitative estimate of drug-likeness (QED) is 0.845. The zero-order valence-corrected chi connectivity index (χ0v) is 13.5. The van der Waals surface area contributed by atoms with E-state index < -0.39 is 0 Å². The Hall–Kier alpha value is -1.39. The second-order valence-corrected chi connectivity index (χ2v) is 5.65. The molecule has 0 bridgehead atoms. The Morgan fingerprint density at radius 3 is 2.57 bits per heavy atom. The number of hydrogen-bond donors (Lipinski definition) is 1. The number of likely N-dealkylation sites (N-methyl/N-ethyl adjacent to an activating group) is 1. The number of hydrogen-bond acceptors (Lipinski definition) is 4. The van der Waals surface area contributed by atoms with Crippen LogP contribution in [0.15, 0.2) is 28.8 Å². The van der Waals surface area contributed by atoms with Crippen molar-refractivity contribution in [2.75, 3.05) is 6.54 Å². The molecule has 0 spiro atoms. The van der Waals surface area contributed by atoms with E-state index in [-0.39, 0.29) is 5.92 Å². The van der Waals surface area contributed by atoms with Crippen LogP contribution in [0, 0.1) is 0 Å². The summed E-state index contributed by atoms with van der Waals surface area (Å²) in [6.07, 6.45) is 1.69. The minimum atomic E-state index is 0.210. The Balaban J connectivity index is 2.05. The Morgan fingerprint density at radius 2 is 1.95 bits per heavy atom. The maximum Gasteiger partial charge on any atom is 0.231 e. The van der Waals surface area contributed by atoms with Gasteiger partial charge in [0.2, 0.25) is 5.89 Å². The molecule has 0 saturated heterocycles. The zero-order valence-electron chi connectivity index (χ0n) is 12.8. The van der Waals surface area contributed by atoms with Crippen LogP contribution in [0.2, 0.25) is 5.02 Å². The lowest BCUT2D eigenvalue weighted by Crippen LogP contribution is -2.33. The summed E-state index contributed by atoms with van der Waals surface area (Å²) in [7, 11) is 0. The first kappa shape index (κ1) is 16.0. The molecule has 1 aromatic carbocycles.